The van der Waals surface area contributed by atoms with Crippen molar-refractivity contribution >= 4 is 5.91 Å². The zero-order chi connectivity index (χ0) is 11.7. The summed E-state index contributed by atoms with van der Waals surface area (Å²) in [5.74, 6) is 0.597. The molecular weight excluding hydrogens is 210 g/mol. The highest BCUT2D eigenvalue weighted by molar-refractivity contribution is 5.97. The number of carbonyl (C=O) groups excluding carboxylic acids is 1. The van der Waals surface area contributed by atoms with Gasteiger partial charge in [0.15, 0.2) is 0 Å². The SMILES string of the molecule is O=C1N[C@@H]2CC/C=C\CC[C@@H]2c2ccccc21. The third-order valence-electron chi connectivity index (χ3n) is 3.86. The van der Waals surface area contributed by atoms with E-state index in [2.05, 4.69) is 23.5 Å². The van der Waals surface area contributed by atoms with Crippen molar-refractivity contribution in [3.8, 4) is 0 Å². The van der Waals surface area contributed by atoms with Crippen LogP contribution in [0.1, 0.15) is 47.5 Å². The minimum absolute atomic E-state index is 0.103. The number of fused-ring (bicyclic) bond motifs is 3. The third kappa shape index (κ3) is 1.88. The van der Waals surface area contributed by atoms with Crippen LogP contribution in [-0.4, -0.2) is 11.9 Å². The Kier molecular flexibility index (Phi) is 2.71. The fourth-order valence-corrected chi connectivity index (χ4v) is 3.01. The summed E-state index contributed by atoms with van der Waals surface area (Å²) in [7, 11) is 0. The molecule has 1 aliphatic heterocycles. The van der Waals surface area contributed by atoms with E-state index in [0.29, 0.717) is 12.0 Å². The summed E-state index contributed by atoms with van der Waals surface area (Å²) in [6, 6.07) is 8.37. The van der Waals surface area contributed by atoms with E-state index < -0.39 is 0 Å². The molecule has 0 aromatic heterocycles. The lowest BCUT2D eigenvalue weighted by atomic mass is 9.79. The van der Waals surface area contributed by atoms with E-state index in [-0.39, 0.29) is 5.91 Å². The first-order chi connectivity index (χ1) is 8.36. The van der Waals surface area contributed by atoms with Gasteiger partial charge in [-0.25, -0.2) is 0 Å². The van der Waals surface area contributed by atoms with Crippen molar-refractivity contribution in [3.63, 3.8) is 0 Å². The van der Waals surface area contributed by atoms with Crippen LogP contribution in [0.5, 0.6) is 0 Å². The van der Waals surface area contributed by atoms with Crippen LogP contribution in [0.15, 0.2) is 36.4 Å². The minimum Gasteiger partial charge on any atom is -0.349 e. The van der Waals surface area contributed by atoms with Gasteiger partial charge in [-0.2, -0.15) is 0 Å². The molecule has 1 aromatic rings. The van der Waals surface area contributed by atoms with Crippen LogP contribution in [-0.2, 0) is 0 Å². The van der Waals surface area contributed by atoms with Crippen LogP contribution in [0.3, 0.4) is 0 Å². The van der Waals surface area contributed by atoms with Gasteiger partial charge in [0.2, 0.25) is 0 Å². The van der Waals surface area contributed by atoms with E-state index in [9.17, 15) is 4.79 Å². The van der Waals surface area contributed by atoms with Gasteiger partial charge in [-0.05, 0) is 37.3 Å². The summed E-state index contributed by atoms with van der Waals surface area (Å²) in [6.45, 7) is 0. The Hall–Kier alpha value is -1.57. The first kappa shape index (κ1) is 10.6. The Morgan fingerprint density at radius 3 is 2.71 bits per heavy atom. The summed E-state index contributed by atoms with van der Waals surface area (Å²) in [5.41, 5.74) is 2.12. The van der Waals surface area contributed by atoms with Gasteiger partial charge in [-0.1, -0.05) is 30.4 Å². The highest BCUT2D eigenvalue weighted by Crippen LogP contribution is 2.34. The largest absolute Gasteiger partial charge is 0.349 e. The smallest absolute Gasteiger partial charge is 0.251 e. The van der Waals surface area contributed by atoms with Crippen molar-refractivity contribution in [2.24, 2.45) is 0 Å². The number of carbonyl (C=O) groups is 1. The Bertz CT molecular complexity index is 464. The second kappa shape index (κ2) is 4.36. The molecule has 88 valence electrons. The van der Waals surface area contributed by atoms with Crippen LogP contribution in [0.25, 0.3) is 0 Å². The number of allylic oxidation sites excluding steroid dienone is 2. The normalized spacial score (nSPS) is 29.3. The quantitative estimate of drug-likeness (QED) is 0.678. The van der Waals surface area contributed by atoms with Crippen molar-refractivity contribution in [2.45, 2.75) is 37.6 Å². The van der Waals surface area contributed by atoms with E-state index in [0.717, 1.165) is 31.2 Å². The van der Waals surface area contributed by atoms with Crippen LogP contribution >= 0.6 is 0 Å². The van der Waals surface area contributed by atoms with E-state index in [4.69, 9.17) is 0 Å². The van der Waals surface area contributed by atoms with Crippen LogP contribution < -0.4 is 5.32 Å². The van der Waals surface area contributed by atoms with Gasteiger partial charge >= 0.3 is 0 Å². The van der Waals surface area contributed by atoms with Gasteiger partial charge in [0.05, 0.1) is 0 Å². The van der Waals surface area contributed by atoms with Gasteiger partial charge in [0.25, 0.3) is 5.91 Å². The molecule has 1 amide bonds. The molecule has 1 N–H and O–H groups in total. The summed E-state index contributed by atoms with van der Waals surface area (Å²) < 4.78 is 0. The molecule has 17 heavy (non-hydrogen) atoms. The summed E-state index contributed by atoms with van der Waals surface area (Å²) in [6.07, 6.45) is 8.90. The molecule has 3 rings (SSSR count). The molecule has 0 radical (unpaired) electrons. The third-order valence-corrected chi connectivity index (χ3v) is 3.86. The second-order valence-corrected chi connectivity index (χ2v) is 4.90. The predicted molar refractivity (Wildman–Crippen MR) is 68.0 cm³/mol. The maximum absolute atomic E-state index is 12.0. The number of nitrogens with one attached hydrogen (secondary N) is 1. The minimum atomic E-state index is 0.103. The Labute approximate surface area is 102 Å². The predicted octanol–water partition coefficient (Wildman–Crippen LogP) is 3.01. The molecule has 2 aliphatic rings. The van der Waals surface area contributed by atoms with Crippen molar-refractivity contribution in [3.05, 3.63) is 47.5 Å². The van der Waals surface area contributed by atoms with E-state index in [1.54, 1.807) is 0 Å². The molecule has 0 fully saturated rings. The molecule has 0 bridgehead atoms. The van der Waals surface area contributed by atoms with Gasteiger partial charge in [-0.3, -0.25) is 4.79 Å². The summed E-state index contributed by atoms with van der Waals surface area (Å²) >= 11 is 0. The molecule has 0 spiro atoms. The van der Waals surface area contributed by atoms with Crippen molar-refractivity contribution in [1.29, 1.82) is 0 Å². The van der Waals surface area contributed by atoms with E-state index in [1.807, 2.05) is 18.2 Å². The number of hydrogen-bond acceptors (Lipinski definition) is 1. The van der Waals surface area contributed by atoms with Crippen molar-refractivity contribution in [1.82, 2.24) is 5.32 Å². The fourth-order valence-electron chi connectivity index (χ4n) is 3.01. The highest BCUT2D eigenvalue weighted by atomic mass is 16.1. The maximum Gasteiger partial charge on any atom is 0.251 e. The standard InChI is InChI=1S/C15H17NO/c17-15-13-9-6-5-7-11(13)12-8-3-1-2-4-10-14(12)16-15/h1-2,5-7,9,12,14H,3-4,8,10H2,(H,16,17)/b2-1-/t12-,14-/m1/s1. The van der Waals surface area contributed by atoms with Crippen molar-refractivity contribution < 1.29 is 4.79 Å². The van der Waals surface area contributed by atoms with Crippen LogP contribution in [0.2, 0.25) is 0 Å². The zero-order valence-electron chi connectivity index (χ0n) is 9.86. The monoisotopic (exact) mass is 227 g/mol. The molecule has 1 aliphatic carbocycles. The van der Waals surface area contributed by atoms with Crippen LogP contribution in [0.4, 0.5) is 0 Å². The Morgan fingerprint density at radius 2 is 1.82 bits per heavy atom. The van der Waals surface area contributed by atoms with Gasteiger partial charge in [-0.15, -0.1) is 0 Å². The molecule has 2 atom stereocenters. The number of benzene rings is 1. The molecule has 0 saturated carbocycles. The average molecular weight is 227 g/mol. The second-order valence-electron chi connectivity index (χ2n) is 4.90. The highest BCUT2D eigenvalue weighted by Gasteiger charge is 2.32. The number of rotatable bonds is 0. The molecule has 1 aromatic carbocycles. The molecular formula is C15H17NO. The lowest BCUT2D eigenvalue weighted by Crippen LogP contribution is -2.44. The lowest BCUT2D eigenvalue weighted by Gasteiger charge is -2.34. The molecule has 0 unspecified atom stereocenters. The Morgan fingerprint density at radius 1 is 1.06 bits per heavy atom. The maximum atomic E-state index is 12.0. The van der Waals surface area contributed by atoms with Gasteiger partial charge in [0, 0.05) is 17.5 Å². The summed E-state index contributed by atoms with van der Waals surface area (Å²) in [4.78, 5) is 12.0. The topological polar surface area (TPSA) is 29.1 Å². The first-order valence-electron chi connectivity index (χ1n) is 6.41. The molecule has 1 heterocycles. The van der Waals surface area contributed by atoms with E-state index in [1.165, 1.54) is 5.56 Å². The van der Waals surface area contributed by atoms with Gasteiger partial charge in [0.1, 0.15) is 0 Å². The fraction of sp³-hybridized carbons (Fsp3) is 0.400. The Balaban J connectivity index is 2.01. The summed E-state index contributed by atoms with van der Waals surface area (Å²) in [5, 5.41) is 3.17. The van der Waals surface area contributed by atoms with Crippen LogP contribution in [0, 0.1) is 0 Å². The molecule has 2 heteroatoms. The van der Waals surface area contributed by atoms with Gasteiger partial charge < -0.3 is 5.32 Å². The molecule has 2 nitrogen and oxygen atoms in total. The molecule has 0 saturated heterocycles. The first-order valence-corrected chi connectivity index (χ1v) is 6.41. The van der Waals surface area contributed by atoms with Crippen molar-refractivity contribution in [2.75, 3.05) is 0 Å². The van der Waals surface area contributed by atoms with E-state index >= 15 is 0 Å². The number of amides is 1. The average Bonchev–Trinajstić information content (AvgIpc) is 2.32. The zero-order valence-corrected chi connectivity index (χ0v) is 9.86. The lowest BCUT2D eigenvalue weighted by molar-refractivity contribution is 0.0910. The number of hydrogen-bond donors (Lipinski definition) is 1.